The normalized spacial score (nSPS) is 14.3. The van der Waals surface area contributed by atoms with Crippen molar-refractivity contribution in [2.75, 3.05) is 31.6 Å². The van der Waals surface area contributed by atoms with Gasteiger partial charge in [-0.15, -0.1) is 0 Å². The zero-order chi connectivity index (χ0) is 14.4. The minimum atomic E-state index is -0.516. The van der Waals surface area contributed by atoms with Crippen molar-refractivity contribution < 1.29 is 18.7 Å². The van der Waals surface area contributed by atoms with Crippen molar-refractivity contribution in [2.24, 2.45) is 0 Å². The SMILES string of the molecule is CCOC(=O)c1coc(NCCC(=O)N2CCCC2)n1. The number of hydrogen-bond donors (Lipinski definition) is 1. The first kappa shape index (κ1) is 14.4. The van der Waals surface area contributed by atoms with Gasteiger partial charge in [-0.05, 0) is 19.8 Å². The van der Waals surface area contributed by atoms with Gasteiger partial charge in [0.1, 0.15) is 6.26 Å². The zero-order valence-electron chi connectivity index (χ0n) is 11.6. The van der Waals surface area contributed by atoms with Gasteiger partial charge in [-0.25, -0.2) is 4.79 Å². The highest BCUT2D eigenvalue weighted by atomic mass is 16.5. The average Bonchev–Trinajstić information content (AvgIpc) is 3.10. The number of nitrogens with zero attached hydrogens (tertiary/aromatic N) is 2. The number of hydrogen-bond acceptors (Lipinski definition) is 6. The van der Waals surface area contributed by atoms with Crippen LogP contribution >= 0.6 is 0 Å². The lowest BCUT2D eigenvalue weighted by Crippen LogP contribution is -2.29. The highest BCUT2D eigenvalue weighted by molar-refractivity contribution is 5.87. The minimum Gasteiger partial charge on any atom is -0.461 e. The van der Waals surface area contributed by atoms with Gasteiger partial charge in [-0.3, -0.25) is 4.79 Å². The number of amides is 1. The van der Waals surface area contributed by atoms with Gasteiger partial charge in [0.25, 0.3) is 6.01 Å². The van der Waals surface area contributed by atoms with Crippen LogP contribution in [-0.2, 0) is 9.53 Å². The number of esters is 1. The van der Waals surface area contributed by atoms with Crippen molar-refractivity contribution in [3.63, 3.8) is 0 Å². The fraction of sp³-hybridized carbons (Fsp3) is 0.615. The fourth-order valence-corrected chi connectivity index (χ4v) is 2.05. The molecule has 1 fully saturated rings. The van der Waals surface area contributed by atoms with Crippen LogP contribution < -0.4 is 5.32 Å². The molecule has 0 aliphatic carbocycles. The van der Waals surface area contributed by atoms with Gasteiger partial charge in [-0.2, -0.15) is 4.98 Å². The summed E-state index contributed by atoms with van der Waals surface area (Å²) in [5, 5.41) is 2.88. The van der Waals surface area contributed by atoms with E-state index in [0.717, 1.165) is 25.9 Å². The molecule has 1 N–H and O–H groups in total. The van der Waals surface area contributed by atoms with Crippen molar-refractivity contribution in [3.8, 4) is 0 Å². The molecule has 1 aromatic heterocycles. The highest BCUT2D eigenvalue weighted by Gasteiger charge is 2.17. The number of oxazole rings is 1. The highest BCUT2D eigenvalue weighted by Crippen LogP contribution is 2.11. The second-order valence-electron chi connectivity index (χ2n) is 4.52. The summed E-state index contributed by atoms with van der Waals surface area (Å²) in [7, 11) is 0. The number of ether oxygens (including phenoxy) is 1. The maximum atomic E-state index is 11.8. The van der Waals surface area contributed by atoms with Crippen LogP contribution in [0, 0.1) is 0 Å². The lowest BCUT2D eigenvalue weighted by Gasteiger charge is -2.14. The van der Waals surface area contributed by atoms with E-state index in [4.69, 9.17) is 9.15 Å². The van der Waals surface area contributed by atoms with E-state index < -0.39 is 5.97 Å². The maximum Gasteiger partial charge on any atom is 0.360 e. The molecule has 1 amide bonds. The number of anilines is 1. The molecule has 0 radical (unpaired) electrons. The predicted molar refractivity (Wildman–Crippen MR) is 71.4 cm³/mol. The number of carbonyl (C=O) groups excluding carboxylic acids is 2. The van der Waals surface area contributed by atoms with Gasteiger partial charge in [-0.1, -0.05) is 0 Å². The maximum absolute atomic E-state index is 11.8. The van der Waals surface area contributed by atoms with Crippen molar-refractivity contribution in [1.82, 2.24) is 9.88 Å². The van der Waals surface area contributed by atoms with Crippen LogP contribution in [0.25, 0.3) is 0 Å². The van der Waals surface area contributed by atoms with Crippen molar-refractivity contribution in [2.45, 2.75) is 26.2 Å². The molecule has 0 spiro atoms. The number of nitrogens with one attached hydrogen (secondary N) is 1. The Labute approximate surface area is 117 Å². The van der Waals surface area contributed by atoms with Crippen molar-refractivity contribution >= 4 is 17.9 Å². The molecule has 7 heteroatoms. The summed E-state index contributed by atoms with van der Waals surface area (Å²) in [6.45, 7) is 4.15. The van der Waals surface area contributed by atoms with Crippen LogP contribution in [0.4, 0.5) is 6.01 Å². The third kappa shape index (κ3) is 3.72. The Bertz CT molecular complexity index is 466. The minimum absolute atomic E-state index is 0.125. The van der Waals surface area contributed by atoms with Gasteiger partial charge in [0.2, 0.25) is 5.91 Å². The van der Waals surface area contributed by atoms with Crippen LogP contribution in [0.15, 0.2) is 10.7 Å². The monoisotopic (exact) mass is 281 g/mol. The molecule has 1 saturated heterocycles. The van der Waals surface area contributed by atoms with E-state index in [1.165, 1.54) is 6.26 Å². The van der Waals surface area contributed by atoms with Gasteiger partial charge < -0.3 is 19.4 Å². The first-order valence-corrected chi connectivity index (χ1v) is 6.85. The quantitative estimate of drug-likeness (QED) is 0.791. The van der Waals surface area contributed by atoms with E-state index >= 15 is 0 Å². The van der Waals surface area contributed by atoms with Gasteiger partial charge in [0, 0.05) is 26.1 Å². The van der Waals surface area contributed by atoms with Gasteiger partial charge >= 0.3 is 5.97 Å². The molecule has 1 aliphatic rings. The summed E-state index contributed by atoms with van der Waals surface area (Å²) >= 11 is 0. The summed E-state index contributed by atoms with van der Waals surface area (Å²) in [6.07, 6.45) is 3.79. The standard InChI is InChI=1S/C13H19N3O4/c1-2-19-12(18)10-9-20-13(15-10)14-6-5-11(17)16-7-3-4-8-16/h9H,2-8H2,1H3,(H,14,15). The smallest absolute Gasteiger partial charge is 0.360 e. The summed E-state index contributed by atoms with van der Waals surface area (Å²) in [6, 6.07) is 0.224. The molecule has 0 aromatic carbocycles. The lowest BCUT2D eigenvalue weighted by molar-refractivity contribution is -0.129. The van der Waals surface area contributed by atoms with Crippen LogP contribution in [0.1, 0.15) is 36.7 Å². The van der Waals surface area contributed by atoms with Gasteiger partial charge in [0.15, 0.2) is 5.69 Å². The molecule has 1 aromatic rings. The Morgan fingerprint density at radius 3 is 2.90 bits per heavy atom. The lowest BCUT2D eigenvalue weighted by atomic mass is 10.3. The zero-order valence-corrected chi connectivity index (χ0v) is 11.6. The van der Waals surface area contributed by atoms with E-state index in [1.54, 1.807) is 6.92 Å². The molecular formula is C13H19N3O4. The molecule has 0 unspecified atom stereocenters. The van der Waals surface area contributed by atoms with Crippen molar-refractivity contribution in [1.29, 1.82) is 0 Å². The molecule has 2 rings (SSSR count). The van der Waals surface area contributed by atoms with E-state index in [9.17, 15) is 9.59 Å². The van der Waals surface area contributed by atoms with E-state index in [1.807, 2.05) is 4.90 Å². The molecule has 110 valence electrons. The Kier molecular flexibility index (Phi) is 4.97. The van der Waals surface area contributed by atoms with Gasteiger partial charge in [0.05, 0.1) is 6.61 Å². The van der Waals surface area contributed by atoms with Crippen molar-refractivity contribution in [3.05, 3.63) is 12.0 Å². The topological polar surface area (TPSA) is 84.7 Å². The van der Waals surface area contributed by atoms with E-state index in [0.29, 0.717) is 19.6 Å². The van der Waals surface area contributed by atoms with Crippen LogP contribution in [0.2, 0.25) is 0 Å². The Hall–Kier alpha value is -2.05. The number of likely N-dealkylation sites (tertiary alicyclic amines) is 1. The number of carbonyl (C=O) groups is 2. The third-order valence-corrected chi connectivity index (χ3v) is 3.06. The second-order valence-corrected chi connectivity index (χ2v) is 4.52. The average molecular weight is 281 g/mol. The Morgan fingerprint density at radius 1 is 1.45 bits per heavy atom. The van der Waals surface area contributed by atoms with Crippen LogP contribution in [0.5, 0.6) is 0 Å². The van der Waals surface area contributed by atoms with Crippen LogP contribution in [-0.4, -0.2) is 48.0 Å². The molecule has 0 saturated carbocycles. The predicted octanol–water partition coefficient (Wildman–Crippen LogP) is 1.28. The largest absolute Gasteiger partial charge is 0.461 e. The Morgan fingerprint density at radius 2 is 2.20 bits per heavy atom. The molecule has 7 nitrogen and oxygen atoms in total. The van der Waals surface area contributed by atoms with E-state index in [2.05, 4.69) is 10.3 Å². The molecule has 2 heterocycles. The first-order valence-electron chi connectivity index (χ1n) is 6.85. The summed E-state index contributed by atoms with van der Waals surface area (Å²) in [5.41, 5.74) is 0.125. The van der Waals surface area contributed by atoms with E-state index in [-0.39, 0.29) is 17.6 Å². The molecule has 0 bridgehead atoms. The molecular weight excluding hydrogens is 262 g/mol. The molecule has 1 aliphatic heterocycles. The van der Waals surface area contributed by atoms with Crippen LogP contribution in [0.3, 0.4) is 0 Å². The number of aromatic nitrogens is 1. The summed E-state index contributed by atoms with van der Waals surface area (Å²) < 4.78 is 9.89. The third-order valence-electron chi connectivity index (χ3n) is 3.06. The molecule has 20 heavy (non-hydrogen) atoms. The Balaban J connectivity index is 1.74. The first-order chi connectivity index (χ1) is 9.70. The molecule has 0 atom stereocenters. The summed E-state index contributed by atoms with van der Waals surface area (Å²) in [5.74, 6) is -0.385. The summed E-state index contributed by atoms with van der Waals surface area (Å²) in [4.78, 5) is 29.0. The second kappa shape index (κ2) is 6.93. The fourth-order valence-electron chi connectivity index (χ4n) is 2.05. The number of rotatable bonds is 6.